The van der Waals surface area contributed by atoms with E-state index < -0.39 is 0 Å². The Hall–Kier alpha value is -3.15. The Bertz CT molecular complexity index is 1010. The summed E-state index contributed by atoms with van der Waals surface area (Å²) >= 11 is 0. The van der Waals surface area contributed by atoms with Gasteiger partial charge < -0.3 is 0 Å². The second kappa shape index (κ2) is 4.45. The van der Waals surface area contributed by atoms with E-state index in [0.717, 1.165) is 11.1 Å². The molecule has 0 amide bonds. The topological polar surface area (TPSA) is 73.6 Å². The molecule has 1 aromatic carbocycles. The van der Waals surface area contributed by atoms with Crippen molar-refractivity contribution in [3.05, 3.63) is 65.7 Å². The fourth-order valence-corrected chi connectivity index (χ4v) is 2.40. The Balaban J connectivity index is 2.29. The third-order valence-corrected chi connectivity index (χ3v) is 3.32. The quantitative estimate of drug-likeness (QED) is 0.494. The minimum Gasteiger partial charge on any atom is -0.268 e. The van der Waals surface area contributed by atoms with Crippen LogP contribution in [-0.4, -0.2) is 24.5 Å². The molecule has 0 aliphatic carbocycles. The van der Waals surface area contributed by atoms with Gasteiger partial charge in [-0.15, -0.1) is 0 Å². The van der Waals surface area contributed by atoms with Gasteiger partial charge in [-0.05, 0) is 12.1 Å². The number of para-hydroxylation sites is 1. The highest BCUT2D eigenvalue weighted by Gasteiger charge is 2.13. The fourth-order valence-electron chi connectivity index (χ4n) is 2.40. The van der Waals surface area contributed by atoms with E-state index >= 15 is 0 Å². The third kappa shape index (κ3) is 1.69. The minimum atomic E-state index is -0.192. The van der Waals surface area contributed by atoms with Gasteiger partial charge in [-0.3, -0.25) is 9.36 Å². The van der Waals surface area contributed by atoms with E-state index in [-0.39, 0.29) is 5.56 Å². The molecule has 4 aromatic rings. The van der Waals surface area contributed by atoms with Crippen molar-refractivity contribution in [1.82, 2.24) is 24.5 Å². The number of pyridine rings is 1. The van der Waals surface area contributed by atoms with Crippen molar-refractivity contribution in [3.63, 3.8) is 0 Å². The normalized spacial score (nSPS) is 11.0. The van der Waals surface area contributed by atoms with Gasteiger partial charge in [0.25, 0.3) is 5.56 Å². The van der Waals surface area contributed by atoms with Crippen molar-refractivity contribution < 1.29 is 0 Å². The lowest BCUT2D eigenvalue weighted by molar-refractivity contribution is 1.01. The Kier molecular flexibility index (Phi) is 2.47. The van der Waals surface area contributed by atoms with Gasteiger partial charge in [-0.1, -0.05) is 18.2 Å². The molecular weight excluding hydrogens is 266 g/mol. The van der Waals surface area contributed by atoms with Gasteiger partial charge >= 0.3 is 0 Å². The molecule has 21 heavy (non-hydrogen) atoms. The zero-order valence-corrected chi connectivity index (χ0v) is 10.8. The minimum absolute atomic E-state index is 0.192. The Morgan fingerprint density at radius 3 is 2.38 bits per heavy atom. The predicted molar refractivity (Wildman–Crippen MR) is 78.2 cm³/mol. The molecule has 0 N–H and O–H groups in total. The Morgan fingerprint density at radius 2 is 1.57 bits per heavy atom. The van der Waals surface area contributed by atoms with Gasteiger partial charge in [0.1, 0.15) is 12.7 Å². The highest BCUT2D eigenvalue weighted by molar-refractivity contribution is 6.01. The first-order valence-corrected chi connectivity index (χ1v) is 6.36. The van der Waals surface area contributed by atoms with E-state index in [2.05, 4.69) is 19.9 Å². The summed E-state index contributed by atoms with van der Waals surface area (Å²) in [5, 5.41) is 1.17. The van der Waals surface area contributed by atoms with Crippen LogP contribution < -0.4 is 5.56 Å². The number of hydrogen-bond donors (Lipinski definition) is 0. The monoisotopic (exact) mass is 275 g/mol. The van der Waals surface area contributed by atoms with E-state index in [0.29, 0.717) is 16.6 Å². The molecule has 100 valence electrons. The Labute approximate surface area is 118 Å². The lowest BCUT2D eigenvalue weighted by Crippen LogP contribution is -2.20. The van der Waals surface area contributed by atoms with Crippen LogP contribution in [0.3, 0.4) is 0 Å². The number of rotatable bonds is 1. The molecule has 6 nitrogen and oxygen atoms in total. The molecule has 0 aliphatic heterocycles. The summed E-state index contributed by atoms with van der Waals surface area (Å²) in [4.78, 5) is 29.2. The van der Waals surface area contributed by atoms with Crippen LogP contribution in [-0.2, 0) is 0 Å². The smallest absolute Gasteiger partial charge is 0.267 e. The molecule has 0 fully saturated rings. The van der Waals surface area contributed by atoms with E-state index in [1.807, 2.05) is 30.3 Å². The van der Waals surface area contributed by atoms with Crippen molar-refractivity contribution in [2.75, 3.05) is 0 Å². The van der Waals surface area contributed by atoms with Crippen molar-refractivity contribution in [2.24, 2.45) is 0 Å². The maximum absolute atomic E-state index is 12.8. The zero-order valence-electron chi connectivity index (χ0n) is 10.8. The molecule has 0 saturated carbocycles. The molecule has 0 saturated heterocycles. The van der Waals surface area contributed by atoms with Crippen LogP contribution in [0.1, 0.15) is 0 Å². The van der Waals surface area contributed by atoms with Crippen LogP contribution in [0.25, 0.3) is 27.6 Å². The van der Waals surface area contributed by atoms with Crippen LogP contribution >= 0.6 is 0 Å². The molecule has 0 unspecified atom stereocenters. The third-order valence-electron chi connectivity index (χ3n) is 3.32. The van der Waals surface area contributed by atoms with Gasteiger partial charge in [-0.2, -0.15) is 0 Å². The SMILES string of the molecule is O=c1c2cncnc2c2cncnc2n1-c1ccccc1. The summed E-state index contributed by atoms with van der Waals surface area (Å²) in [7, 11) is 0. The van der Waals surface area contributed by atoms with Gasteiger partial charge in [0.05, 0.1) is 22.0 Å². The lowest BCUT2D eigenvalue weighted by atomic mass is 10.2. The van der Waals surface area contributed by atoms with E-state index in [9.17, 15) is 4.79 Å². The van der Waals surface area contributed by atoms with Crippen molar-refractivity contribution in [3.8, 4) is 5.69 Å². The Morgan fingerprint density at radius 1 is 0.857 bits per heavy atom. The van der Waals surface area contributed by atoms with Crippen LogP contribution in [0.5, 0.6) is 0 Å². The summed E-state index contributed by atoms with van der Waals surface area (Å²) in [6, 6.07) is 9.37. The standard InChI is InChI=1S/C15H9N5O/c21-15-12-7-17-8-18-13(12)11-6-16-9-19-14(11)20(15)10-4-2-1-3-5-10/h1-9H. The second-order valence-corrected chi connectivity index (χ2v) is 4.52. The molecule has 0 radical (unpaired) electrons. The number of benzene rings is 1. The maximum atomic E-state index is 12.8. The molecule has 0 aliphatic rings. The van der Waals surface area contributed by atoms with Gasteiger partial charge in [0.2, 0.25) is 0 Å². The lowest BCUT2D eigenvalue weighted by Gasteiger charge is -2.10. The molecule has 0 atom stereocenters. The van der Waals surface area contributed by atoms with E-state index in [4.69, 9.17) is 0 Å². The van der Waals surface area contributed by atoms with Gasteiger partial charge in [0, 0.05) is 12.4 Å². The summed E-state index contributed by atoms with van der Waals surface area (Å²) < 4.78 is 1.56. The van der Waals surface area contributed by atoms with Crippen LogP contribution in [0.15, 0.2) is 60.2 Å². The first-order chi connectivity index (χ1) is 10.4. The molecular formula is C15H9N5O. The molecule has 0 spiro atoms. The van der Waals surface area contributed by atoms with Crippen molar-refractivity contribution in [1.29, 1.82) is 0 Å². The molecule has 3 heterocycles. The number of hydrogen-bond acceptors (Lipinski definition) is 5. The van der Waals surface area contributed by atoms with Gasteiger partial charge in [0.15, 0.2) is 5.65 Å². The highest BCUT2D eigenvalue weighted by atomic mass is 16.1. The number of nitrogens with zero attached hydrogens (tertiary/aromatic N) is 5. The summed E-state index contributed by atoms with van der Waals surface area (Å²) in [6.45, 7) is 0. The van der Waals surface area contributed by atoms with Crippen LogP contribution in [0.2, 0.25) is 0 Å². The van der Waals surface area contributed by atoms with Crippen molar-refractivity contribution in [2.45, 2.75) is 0 Å². The maximum Gasteiger partial charge on any atom is 0.267 e. The van der Waals surface area contributed by atoms with Gasteiger partial charge in [-0.25, -0.2) is 19.9 Å². The summed E-state index contributed by atoms with van der Waals surface area (Å²) in [5.41, 5.74) is 1.66. The first-order valence-electron chi connectivity index (χ1n) is 6.36. The summed E-state index contributed by atoms with van der Waals surface area (Å²) in [5.74, 6) is 0. The molecule has 4 rings (SSSR count). The van der Waals surface area contributed by atoms with E-state index in [1.165, 1.54) is 18.9 Å². The van der Waals surface area contributed by atoms with Crippen molar-refractivity contribution >= 4 is 21.9 Å². The second-order valence-electron chi connectivity index (χ2n) is 4.52. The predicted octanol–water partition coefficient (Wildman–Crippen LogP) is 1.72. The average molecular weight is 275 g/mol. The van der Waals surface area contributed by atoms with E-state index in [1.54, 1.807) is 10.8 Å². The summed E-state index contributed by atoms with van der Waals surface area (Å²) in [6.07, 6.45) is 6.03. The first kappa shape index (κ1) is 11.7. The average Bonchev–Trinajstić information content (AvgIpc) is 2.56. The van der Waals surface area contributed by atoms with Crippen LogP contribution in [0, 0.1) is 0 Å². The highest BCUT2D eigenvalue weighted by Crippen LogP contribution is 2.20. The molecule has 0 bridgehead atoms. The largest absolute Gasteiger partial charge is 0.268 e. The number of aromatic nitrogens is 5. The zero-order chi connectivity index (χ0) is 14.2. The molecule has 3 aromatic heterocycles. The molecule has 6 heteroatoms. The fraction of sp³-hybridized carbons (Fsp3) is 0. The number of fused-ring (bicyclic) bond motifs is 3. The van der Waals surface area contributed by atoms with Crippen LogP contribution in [0.4, 0.5) is 0 Å².